The quantitative estimate of drug-likeness (QED) is 0.662. The van der Waals surface area contributed by atoms with Crippen LogP contribution in [0.4, 0.5) is 4.79 Å². The van der Waals surface area contributed by atoms with E-state index in [9.17, 15) is 9.59 Å². The molecule has 2 N–H and O–H groups in total. The topological polar surface area (TPSA) is 72.9 Å². The minimum atomic E-state index is -0.973. The third-order valence-electron chi connectivity index (χ3n) is 2.88. The fraction of sp³-hybridized carbons (Fsp3) is 0.846. The summed E-state index contributed by atoms with van der Waals surface area (Å²) in [7, 11) is 3.97. The summed E-state index contributed by atoms with van der Waals surface area (Å²) in [6, 6.07) is -1.08. The molecule has 0 spiro atoms. The van der Waals surface area contributed by atoms with E-state index in [4.69, 9.17) is 5.11 Å². The van der Waals surface area contributed by atoms with Crippen molar-refractivity contribution in [2.75, 3.05) is 33.7 Å². The second-order valence-electron chi connectivity index (χ2n) is 4.87. The van der Waals surface area contributed by atoms with Gasteiger partial charge in [0.25, 0.3) is 0 Å². The Bertz CT molecular complexity index is 282. The molecule has 0 aromatic heterocycles. The van der Waals surface area contributed by atoms with Crippen LogP contribution in [-0.2, 0) is 4.79 Å². The highest BCUT2D eigenvalue weighted by Crippen LogP contribution is 2.00. The van der Waals surface area contributed by atoms with Gasteiger partial charge >= 0.3 is 12.0 Å². The Balaban J connectivity index is 4.28. The normalized spacial score (nSPS) is 12.3. The molecule has 0 fully saturated rings. The van der Waals surface area contributed by atoms with Gasteiger partial charge in [0.05, 0.1) is 0 Å². The van der Waals surface area contributed by atoms with Gasteiger partial charge in [-0.3, -0.25) is 0 Å². The van der Waals surface area contributed by atoms with E-state index in [1.807, 2.05) is 27.9 Å². The molecule has 0 heterocycles. The number of carboxylic acids is 1. The van der Waals surface area contributed by atoms with E-state index in [1.54, 1.807) is 4.90 Å². The molecule has 0 aliphatic carbocycles. The molecule has 19 heavy (non-hydrogen) atoms. The highest BCUT2D eigenvalue weighted by molar-refractivity contribution is 5.82. The highest BCUT2D eigenvalue weighted by atomic mass is 16.4. The molecule has 0 rings (SSSR count). The molecule has 0 saturated carbocycles. The van der Waals surface area contributed by atoms with Crippen molar-refractivity contribution in [2.24, 2.45) is 0 Å². The molecule has 1 atom stereocenters. The van der Waals surface area contributed by atoms with E-state index >= 15 is 0 Å². The zero-order valence-electron chi connectivity index (χ0n) is 12.5. The van der Waals surface area contributed by atoms with Gasteiger partial charge in [-0.1, -0.05) is 13.3 Å². The summed E-state index contributed by atoms with van der Waals surface area (Å²) >= 11 is 0. The first-order valence-electron chi connectivity index (χ1n) is 6.85. The van der Waals surface area contributed by atoms with Gasteiger partial charge in [0.2, 0.25) is 0 Å². The zero-order valence-corrected chi connectivity index (χ0v) is 12.5. The first-order valence-corrected chi connectivity index (χ1v) is 6.85. The van der Waals surface area contributed by atoms with E-state index in [1.165, 1.54) is 0 Å². The Hall–Kier alpha value is -1.30. The number of amides is 2. The summed E-state index contributed by atoms with van der Waals surface area (Å²) in [6.45, 7) is 5.92. The van der Waals surface area contributed by atoms with Crippen LogP contribution in [0.3, 0.4) is 0 Å². The second kappa shape index (κ2) is 9.61. The Morgan fingerprint density at radius 3 is 2.26 bits per heavy atom. The number of urea groups is 1. The van der Waals surface area contributed by atoms with Crippen LogP contribution in [-0.4, -0.2) is 66.7 Å². The molecule has 6 heteroatoms. The van der Waals surface area contributed by atoms with Crippen LogP contribution < -0.4 is 5.32 Å². The Morgan fingerprint density at radius 1 is 1.21 bits per heavy atom. The fourth-order valence-corrected chi connectivity index (χ4v) is 1.77. The summed E-state index contributed by atoms with van der Waals surface area (Å²) in [5.41, 5.74) is 0. The first kappa shape index (κ1) is 17.7. The van der Waals surface area contributed by atoms with E-state index in [2.05, 4.69) is 10.2 Å². The summed E-state index contributed by atoms with van der Waals surface area (Å²) < 4.78 is 0. The molecule has 2 amide bonds. The van der Waals surface area contributed by atoms with Crippen LogP contribution in [0.25, 0.3) is 0 Å². The number of carbonyl (C=O) groups excluding carboxylic acids is 1. The smallest absolute Gasteiger partial charge is 0.326 e. The number of aliphatic carboxylic acids is 1. The SMILES string of the molecule is CCCC(NC(=O)N(CC)CCCN(C)C)C(=O)O. The summed E-state index contributed by atoms with van der Waals surface area (Å²) in [4.78, 5) is 26.7. The van der Waals surface area contributed by atoms with E-state index in [0.717, 1.165) is 19.4 Å². The van der Waals surface area contributed by atoms with Gasteiger partial charge in [-0.05, 0) is 40.4 Å². The fourth-order valence-electron chi connectivity index (χ4n) is 1.77. The molecule has 0 aliphatic heterocycles. The van der Waals surface area contributed by atoms with Gasteiger partial charge in [0.1, 0.15) is 6.04 Å². The van der Waals surface area contributed by atoms with Crippen LogP contribution in [0.15, 0.2) is 0 Å². The lowest BCUT2D eigenvalue weighted by Gasteiger charge is -2.24. The minimum Gasteiger partial charge on any atom is -0.480 e. The number of nitrogens with zero attached hydrogens (tertiary/aromatic N) is 2. The highest BCUT2D eigenvalue weighted by Gasteiger charge is 2.21. The van der Waals surface area contributed by atoms with Crippen molar-refractivity contribution >= 4 is 12.0 Å². The second-order valence-corrected chi connectivity index (χ2v) is 4.87. The van der Waals surface area contributed by atoms with Crippen molar-refractivity contribution in [1.82, 2.24) is 15.1 Å². The maximum atomic E-state index is 12.0. The maximum Gasteiger partial charge on any atom is 0.326 e. The lowest BCUT2D eigenvalue weighted by molar-refractivity contribution is -0.139. The van der Waals surface area contributed by atoms with Gasteiger partial charge in [0, 0.05) is 13.1 Å². The Labute approximate surface area is 115 Å². The molecule has 1 unspecified atom stereocenters. The van der Waals surface area contributed by atoms with Gasteiger partial charge in [-0.2, -0.15) is 0 Å². The average Bonchev–Trinajstić information content (AvgIpc) is 2.33. The van der Waals surface area contributed by atoms with E-state index in [0.29, 0.717) is 19.5 Å². The Kier molecular flexibility index (Phi) is 8.95. The van der Waals surface area contributed by atoms with Gasteiger partial charge in [0.15, 0.2) is 0 Å². The van der Waals surface area contributed by atoms with Gasteiger partial charge in [-0.25, -0.2) is 9.59 Å². The van der Waals surface area contributed by atoms with Crippen molar-refractivity contribution < 1.29 is 14.7 Å². The molecule has 0 aromatic rings. The van der Waals surface area contributed by atoms with E-state index in [-0.39, 0.29) is 6.03 Å². The van der Waals surface area contributed by atoms with Crippen molar-refractivity contribution in [1.29, 1.82) is 0 Å². The molecule has 0 saturated heterocycles. The predicted molar refractivity (Wildman–Crippen MR) is 75.3 cm³/mol. The van der Waals surface area contributed by atoms with Crippen LogP contribution in [0.1, 0.15) is 33.1 Å². The molecular formula is C13H27N3O3. The third kappa shape index (κ3) is 7.66. The number of hydrogen-bond acceptors (Lipinski definition) is 3. The molecule has 0 radical (unpaired) electrons. The zero-order chi connectivity index (χ0) is 14.8. The summed E-state index contributed by atoms with van der Waals surface area (Å²) in [5.74, 6) is -0.973. The molecule has 0 bridgehead atoms. The standard InChI is InChI=1S/C13H27N3O3/c1-5-8-11(12(17)18)14-13(19)16(6-2)10-7-9-15(3)4/h11H,5-10H2,1-4H3,(H,14,19)(H,17,18). The van der Waals surface area contributed by atoms with Crippen molar-refractivity contribution in [3.05, 3.63) is 0 Å². The number of nitrogens with one attached hydrogen (secondary N) is 1. The molecule has 6 nitrogen and oxygen atoms in total. The van der Waals surface area contributed by atoms with Crippen molar-refractivity contribution in [3.63, 3.8) is 0 Å². The van der Waals surface area contributed by atoms with Crippen LogP contribution in [0.5, 0.6) is 0 Å². The molecule has 112 valence electrons. The number of hydrogen-bond donors (Lipinski definition) is 2. The number of carbonyl (C=O) groups is 2. The number of rotatable bonds is 9. The van der Waals surface area contributed by atoms with Crippen molar-refractivity contribution in [2.45, 2.75) is 39.2 Å². The van der Waals surface area contributed by atoms with Crippen LogP contribution in [0, 0.1) is 0 Å². The minimum absolute atomic E-state index is 0.290. The predicted octanol–water partition coefficient (Wildman–Crippen LogP) is 1.22. The van der Waals surface area contributed by atoms with Crippen LogP contribution >= 0.6 is 0 Å². The maximum absolute atomic E-state index is 12.0. The molecular weight excluding hydrogens is 246 g/mol. The van der Waals surface area contributed by atoms with E-state index < -0.39 is 12.0 Å². The lowest BCUT2D eigenvalue weighted by atomic mass is 10.2. The largest absolute Gasteiger partial charge is 0.480 e. The van der Waals surface area contributed by atoms with Gasteiger partial charge < -0.3 is 20.2 Å². The Morgan fingerprint density at radius 2 is 1.84 bits per heavy atom. The first-order chi connectivity index (χ1) is 8.92. The van der Waals surface area contributed by atoms with Gasteiger partial charge in [-0.15, -0.1) is 0 Å². The van der Waals surface area contributed by atoms with Crippen LogP contribution in [0.2, 0.25) is 0 Å². The molecule has 0 aliphatic rings. The monoisotopic (exact) mass is 273 g/mol. The molecule has 0 aromatic carbocycles. The average molecular weight is 273 g/mol. The van der Waals surface area contributed by atoms with Crippen molar-refractivity contribution in [3.8, 4) is 0 Å². The summed E-state index contributed by atoms with van der Waals surface area (Å²) in [6.07, 6.45) is 2.06. The lowest BCUT2D eigenvalue weighted by Crippen LogP contribution is -2.48. The number of carboxylic acid groups (broad SMARTS) is 1. The third-order valence-corrected chi connectivity index (χ3v) is 2.88. The summed E-state index contributed by atoms with van der Waals surface area (Å²) in [5, 5.41) is 11.6.